The largest absolute Gasteiger partial charge is 0.508 e. The Kier molecular flexibility index (Phi) is 10.3. The fourth-order valence-corrected chi connectivity index (χ4v) is 3.96. The molecule has 0 bridgehead atoms. The van der Waals surface area contributed by atoms with Crippen molar-refractivity contribution >= 4 is 6.47 Å². The summed E-state index contributed by atoms with van der Waals surface area (Å²) in [4.78, 5) is 11.2. The number of hydrogen-bond acceptors (Lipinski definition) is 5. The number of furan rings is 1. The maximum atomic E-state index is 11.2. The number of carbonyl (C=O) groups is 1. The molecule has 2 unspecified atom stereocenters. The molecule has 0 radical (unpaired) electrons. The average molecular weight is 440 g/mol. The van der Waals surface area contributed by atoms with Crippen LogP contribution in [0.25, 0.3) is 0 Å². The number of ether oxygens (including phenoxy) is 1. The third-order valence-electron chi connectivity index (χ3n) is 5.84. The normalized spacial score (nSPS) is 16.3. The van der Waals surface area contributed by atoms with Gasteiger partial charge >= 0.3 is 0 Å². The van der Waals surface area contributed by atoms with Gasteiger partial charge in [0.25, 0.3) is 6.47 Å². The maximum absolute atomic E-state index is 11.2. The van der Waals surface area contributed by atoms with Crippen LogP contribution in [0.5, 0.6) is 0 Å². The van der Waals surface area contributed by atoms with Crippen molar-refractivity contribution in [1.82, 2.24) is 0 Å². The van der Waals surface area contributed by atoms with Crippen molar-refractivity contribution in [3.63, 3.8) is 0 Å². The summed E-state index contributed by atoms with van der Waals surface area (Å²) >= 11 is 0. The lowest BCUT2D eigenvalue weighted by Gasteiger charge is -2.19. The van der Waals surface area contributed by atoms with Gasteiger partial charge in [-0.25, -0.2) is 0 Å². The van der Waals surface area contributed by atoms with Crippen LogP contribution >= 0.6 is 0 Å². The second kappa shape index (κ2) is 12.9. The first kappa shape index (κ1) is 25.5. The average Bonchev–Trinajstić information content (AvgIpc) is 3.55. The predicted octanol–water partition coefficient (Wildman–Crippen LogP) is 6.42. The van der Waals surface area contributed by atoms with E-state index in [4.69, 9.17) is 14.9 Å². The lowest BCUT2D eigenvalue weighted by molar-refractivity contribution is -0.125. The molecule has 174 valence electrons. The first-order valence-electron chi connectivity index (χ1n) is 11.6. The summed E-state index contributed by atoms with van der Waals surface area (Å²) in [5.41, 5.74) is 7.66. The third kappa shape index (κ3) is 6.86. The Bertz CT molecular complexity index is 893. The van der Waals surface area contributed by atoms with Gasteiger partial charge in [-0.05, 0) is 61.8 Å². The summed E-state index contributed by atoms with van der Waals surface area (Å²) in [6.45, 7) is 8.74. The molecule has 5 heteroatoms. The van der Waals surface area contributed by atoms with Gasteiger partial charge in [-0.3, -0.25) is 4.79 Å². The summed E-state index contributed by atoms with van der Waals surface area (Å²) in [5, 5.41) is 10.9. The van der Waals surface area contributed by atoms with Crippen molar-refractivity contribution in [1.29, 1.82) is 0 Å². The van der Waals surface area contributed by atoms with Crippen LogP contribution in [-0.4, -0.2) is 11.6 Å². The smallest absolute Gasteiger partial charge is 0.298 e. The van der Waals surface area contributed by atoms with Crippen molar-refractivity contribution in [3.8, 4) is 0 Å². The van der Waals surface area contributed by atoms with Gasteiger partial charge in [-0.15, -0.1) is 0 Å². The number of nitrogens with two attached hydrogens (primary N) is 1. The van der Waals surface area contributed by atoms with E-state index in [0.29, 0.717) is 24.7 Å². The Morgan fingerprint density at radius 2 is 1.91 bits per heavy atom. The van der Waals surface area contributed by atoms with Crippen LogP contribution in [0.3, 0.4) is 0 Å². The van der Waals surface area contributed by atoms with Crippen molar-refractivity contribution in [2.24, 2.45) is 17.6 Å². The van der Waals surface area contributed by atoms with Gasteiger partial charge in [0.2, 0.25) is 0 Å². The fourth-order valence-electron chi connectivity index (χ4n) is 3.96. The highest BCUT2D eigenvalue weighted by Crippen LogP contribution is 2.47. The highest BCUT2D eigenvalue weighted by molar-refractivity contribution is 5.42. The predicted molar refractivity (Wildman–Crippen MR) is 128 cm³/mol. The van der Waals surface area contributed by atoms with E-state index >= 15 is 0 Å². The van der Waals surface area contributed by atoms with Gasteiger partial charge in [0.1, 0.15) is 23.0 Å². The van der Waals surface area contributed by atoms with Gasteiger partial charge in [0.15, 0.2) is 0 Å². The van der Waals surface area contributed by atoms with Crippen molar-refractivity contribution < 1.29 is 19.1 Å². The topological polar surface area (TPSA) is 85.7 Å². The Morgan fingerprint density at radius 3 is 2.44 bits per heavy atom. The molecule has 3 rings (SSSR count). The number of benzene rings is 1. The molecule has 0 amide bonds. The molecule has 0 spiro atoms. The van der Waals surface area contributed by atoms with E-state index in [9.17, 15) is 9.90 Å². The second-order valence-corrected chi connectivity index (χ2v) is 7.95. The van der Waals surface area contributed by atoms with Crippen molar-refractivity contribution in [2.75, 3.05) is 0 Å². The summed E-state index contributed by atoms with van der Waals surface area (Å²) in [6, 6.07) is 13.9. The molecular formula is C27H37NO4. The molecule has 1 aliphatic rings. The second-order valence-electron chi connectivity index (χ2n) is 7.95. The van der Waals surface area contributed by atoms with Crippen LogP contribution < -0.4 is 5.73 Å². The molecule has 1 heterocycles. The summed E-state index contributed by atoms with van der Waals surface area (Å²) < 4.78 is 11.2. The first-order valence-corrected chi connectivity index (χ1v) is 11.6. The molecular weight excluding hydrogens is 402 g/mol. The maximum Gasteiger partial charge on any atom is 0.298 e. The van der Waals surface area contributed by atoms with E-state index in [1.54, 1.807) is 6.08 Å². The van der Waals surface area contributed by atoms with Gasteiger partial charge in [-0.1, -0.05) is 51.1 Å². The Morgan fingerprint density at radius 1 is 1.22 bits per heavy atom. The van der Waals surface area contributed by atoms with E-state index in [0.717, 1.165) is 48.3 Å². The number of allylic oxidation sites excluding steroid dienone is 3. The van der Waals surface area contributed by atoms with E-state index in [1.165, 1.54) is 0 Å². The fraction of sp³-hybridized carbons (Fsp3) is 0.444. The van der Waals surface area contributed by atoms with Crippen LogP contribution in [-0.2, 0) is 22.5 Å². The highest BCUT2D eigenvalue weighted by atomic mass is 16.5. The molecule has 1 fully saturated rings. The SMILES string of the molecule is CC.CCC(Cc1ccccc1)/C(=C/C(O)=C(\C)C(c1ccc(CN)o1)C1CC1)OC=O. The van der Waals surface area contributed by atoms with Crippen LogP contribution in [0.15, 0.2) is 70.0 Å². The standard InChI is InChI=1S/C25H31NO4.C2H6/c1-3-19(13-18-7-5-4-6-8-18)24(29-16-27)14-22(28)17(2)25(20-9-10-20)23-12-11-21(15-26)30-23;1-2/h4-8,11-12,14,16,19-20,25,28H,3,9-10,13,15,26H2,1-2H3;1-2H3/b22-17-,24-14-;. The minimum Gasteiger partial charge on any atom is -0.508 e. The van der Waals surface area contributed by atoms with Gasteiger partial charge in [0.05, 0.1) is 6.54 Å². The quantitative estimate of drug-likeness (QED) is 0.240. The molecule has 1 saturated carbocycles. The van der Waals surface area contributed by atoms with Gasteiger partial charge < -0.3 is 20.0 Å². The molecule has 1 aromatic carbocycles. The molecule has 5 nitrogen and oxygen atoms in total. The molecule has 2 aromatic rings. The summed E-state index contributed by atoms with van der Waals surface area (Å²) in [7, 11) is 0. The van der Waals surface area contributed by atoms with Gasteiger partial charge in [-0.2, -0.15) is 0 Å². The zero-order chi connectivity index (χ0) is 23.5. The Balaban J connectivity index is 0.00000176. The molecule has 1 aliphatic carbocycles. The highest BCUT2D eigenvalue weighted by Gasteiger charge is 2.36. The molecule has 3 N–H and O–H groups in total. The zero-order valence-corrected chi connectivity index (χ0v) is 19.7. The van der Waals surface area contributed by atoms with Gasteiger partial charge in [0, 0.05) is 17.9 Å². The Hall–Kier alpha value is -2.79. The number of aliphatic hydroxyl groups is 1. The zero-order valence-electron chi connectivity index (χ0n) is 19.7. The summed E-state index contributed by atoms with van der Waals surface area (Å²) in [5.74, 6) is 2.58. The van der Waals surface area contributed by atoms with Crippen LogP contribution in [0.2, 0.25) is 0 Å². The molecule has 0 aliphatic heterocycles. The van der Waals surface area contributed by atoms with Crippen LogP contribution in [0, 0.1) is 11.8 Å². The molecule has 32 heavy (non-hydrogen) atoms. The number of aliphatic hydroxyl groups excluding tert-OH is 1. The van der Waals surface area contributed by atoms with Crippen molar-refractivity contribution in [3.05, 3.63) is 82.7 Å². The lowest BCUT2D eigenvalue weighted by atomic mass is 9.90. The molecule has 1 aromatic heterocycles. The minimum atomic E-state index is -0.0145. The van der Waals surface area contributed by atoms with E-state index in [1.807, 2.05) is 58.0 Å². The van der Waals surface area contributed by atoms with E-state index in [2.05, 4.69) is 12.1 Å². The van der Waals surface area contributed by atoms with E-state index in [-0.39, 0.29) is 17.6 Å². The molecule has 0 saturated heterocycles. The van der Waals surface area contributed by atoms with Crippen LogP contribution in [0.4, 0.5) is 0 Å². The number of hydrogen-bond donors (Lipinski definition) is 2. The number of carbonyl (C=O) groups excluding carboxylic acids is 1. The molecule has 2 atom stereocenters. The van der Waals surface area contributed by atoms with Crippen molar-refractivity contribution in [2.45, 2.75) is 65.8 Å². The third-order valence-corrected chi connectivity index (χ3v) is 5.84. The minimum absolute atomic E-state index is 0.00627. The summed E-state index contributed by atoms with van der Waals surface area (Å²) in [6.07, 6.45) is 5.31. The van der Waals surface area contributed by atoms with E-state index < -0.39 is 0 Å². The van der Waals surface area contributed by atoms with Crippen LogP contribution in [0.1, 0.15) is 70.0 Å². The lowest BCUT2D eigenvalue weighted by Crippen LogP contribution is -2.11. The first-order chi connectivity index (χ1) is 15.6. The Labute approximate surface area is 192 Å². The number of rotatable bonds is 11. The monoisotopic (exact) mass is 439 g/mol.